The van der Waals surface area contributed by atoms with Gasteiger partial charge in [0, 0.05) is 19.3 Å². The van der Waals surface area contributed by atoms with Crippen molar-refractivity contribution >= 4 is 9.84 Å². The SMILES string of the molecule is CCS(=O)(=O)c1ncc(CN2CCC[C@@H]2c2ccccn2)n1CCCc1ccccc1. The summed E-state index contributed by atoms with van der Waals surface area (Å²) in [7, 11) is -3.38. The molecule has 3 aromatic rings. The first-order valence-electron chi connectivity index (χ1n) is 11.0. The van der Waals surface area contributed by atoms with Gasteiger partial charge in [-0.25, -0.2) is 13.4 Å². The quantitative estimate of drug-likeness (QED) is 0.504. The largest absolute Gasteiger partial charge is 0.318 e. The van der Waals surface area contributed by atoms with Crippen LogP contribution < -0.4 is 0 Å². The molecule has 0 unspecified atom stereocenters. The number of rotatable bonds is 9. The molecule has 1 atom stereocenters. The summed E-state index contributed by atoms with van der Waals surface area (Å²) in [4.78, 5) is 11.3. The van der Waals surface area contributed by atoms with Crippen LogP contribution in [-0.2, 0) is 29.3 Å². The minimum Gasteiger partial charge on any atom is -0.318 e. The third-order valence-electron chi connectivity index (χ3n) is 6.01. The molecule has 0 saturated carbocycles. The number of likely N-dealkylation sites (tertiary alicyclic amines) is 1. The van der Waals surface area contributed by atoms with E-state index < -0.39 is 9.84 Å². The topological polar surface area (TPSA) is 68.1 Å². The summed E-state index contributed by atoms with van der Waals surface area (Å²) in [6.07, 6.45) is 7.54. The van der Waals surface area contributed by atoms with E-state index in [1.54, 1.807) is 13.1 Å². The molecule has 1 aliphatic rings. The van der Waals surface area contributed by atoms with Crippen LogP contribution in [0.3, 0.4) is 0 Å². The molecule has 1 saturated heterocycles. The summed E-state index contributed by atoms with van der Waals surface area (Å²) in [6, 6.07) is 16.6. The smallest absolute Gasteiger partial charge is 0.227 e. The highest BCUT2D eigenvalue weighted by molar-refractivity contribution is 7.91. The molecule has 1 aliphatic heterocycles. The second kappa shape index (κ2) is 9.75. The van der Waals surface area contributed by atoms with E-state index >= 15 is 0 Å². The highest BCUT2D eigenvalue weighted by atomic mass is 32.2. The van der Waals surface area contributed by atoms with Crippen LogP contribution in [0.25, 0.3) is 0 Å². The third kappa shape index (κ3) is 5.05. The maximum atomic E-state index is 12.7. The average Bonchev–Trinajstić information content (AvgIpc) is 3.43. The van der Waals surface area contributed by atoms with E-state index in [0.29, 0.717) is 13.1 Å². The van der Waals surface area contributed by atoms with Crippen LogP contribution in [0.2, 0.25) is 0 Å². The fraction of sp³-hybridized carbons (Fsp3) is 0.417. The van der Waals surface area contributed by atoms with Crippen molar-refractivity contribution in [1.29, 1.82) is 0 Å². The van der Waals surface area contributed by atoms with Crippen molar-refractivity contribution in [1.82, 2.24) is 19.4 Å². The number of sulfone groups is 1. The van der Waals surface area contributed by atoms with Gasteiger partial charge in [-0.1, -0.05) is 43.3 Å². The molecule has 31 heavy (non-hydrogen) atoms. The Kier molecular flexibility index (Phi) is 6.83. The van der Waals surface area contributed by atoms with Gasteiger partial charge in [0.1, 0.15) is 0 Å². The lowest BCUT2D eigenvalue weighted by molar-refractivity contribution is 0.237. The summed E-state index contributed by atoms with van der Waals surface area (Å²) in [5.74, 6) is 0.0579. The fourth-order valence-corrected chi connectivity index (χ4v) is 5.37. The molecule has 164 valence electrons. The van der Waals surface area contributed by atoms with Gasteiger partial charge in [-0.3, -0.25) is 9.88 Å². The molecule has 3 heterocycles. The Morgan fingerprint density at radius 1 is 1.06 bits per heavy atom. The second-order valence-electron chi connectivity index (χ2n) is 8.06. The molecular formula is C24H30N4O2S. The minimum atomic E-state index is -3.38. The predicted molar refractivity (Wildman–Crippen MR) is 121 cm³/mol. The van der Waals surface area contributed by atoms with Gasteiger partial charge in [0.15, 0.2) is 0 Å². The standard InChI is InChI=1S/C24H30N4O2S/c1-2-31(29,30)24-26-18-21(28(24)17-8-12-20-10-4-3-5-11-20)19-27-16-9-14-23(27)22-13-6-7-15-25-22/h3-7,10-11,13,15,18,23H,2,8-9,12,14,16-17,19H2,1H3/t23-/m1/s1. The lowest BCUT2D eigenvalue weighted by atomic mass is 10.1. The lowest BCUT2D eigenvalue weighted by Gasteiger charge is -2.24. The first-order chi connectivity index (χ1) is 15.1. The summed E-state index contributed by atoms with van der Waals surface area (Å²) in [6.45, 7) is 3.97. The molecule has 6 nitrogen and oxygen atoms in total. The zero-order valence-electron chi connectivity index (χ0n) is 18.0. The van der Waals surface area contributed by atoms with Gasteiger partial charge in [0.2, 0.25) is 15.0 Å². The molecule has 7 heteroatoms. The van der Waals surface area contributed by atoms with Gasteiger partial charge in [-0.05, 0) is 49.9 Å². The first-order valence-corrected chi connectivity index (χ1v) is 12.7. The number of pyridine rings is 1. The fourth-order valence-electron chi connectivity index (χ4n) is 4.35. The summed E-state index contributed by atoms with van der Waals surface area (Å²) in [5.41, 5.74) is 3.30. The maximum absolute atomic E-state index is 12.7. The average molecular weight is 439 g/mol. The number of hydrogen-bond acceptors (Lipinski definition) is 5. The number of aryl methyl sites for hydroxylation is 1. The van der Waals surface area contributed by atoms with Crippen LogP contribution >= 0.6 is 0 Å². The van der Waals surface area contributed by atoms with Crippen molar-refractivity contribution in [3.63, 3.8) is 0 Å². The van der Waals surface area contributed by atoms with Crippen LogP contribution in [0.15, 0.2) is 66.1 Å². The Labute approximate surface area is 184 Å². The van der Waals surface area contributed by atoms with Crippen LogP contribution in [-0.4, -0.2) is 40.2 Å². The summed E-state index contributed by atoms with van der Waals surface area (Å²) >= 11 is 0. The Bertz CT molecular complexity index is 1080. The molecule has 0 radical (unpaired) electrons. The van der Waals surface area contributed by atoms with Crippen molar-refractivity contribution in [3.8, 4) is 0 Å². The van der Waals surface area contributed by atoms with E-state index in [9.17, 15) is 8.42 Å². The van der Waals surface area contributed by atoms with Crippen molar-refractivity contribution in [2.75, 3.05) is 12.3 Å². The Morgan fingerprint density at radius 3 is 2.61 bits per heavy atom. The van der Waals surface area contributed by atoms with E-state index in [2.05, 4.69) is 33.1 Å². The monoisotopic (exact) mass is 438 g/mol. The molecule has 0 aliphatic carbocycles. The van der Waals surface area contributed by atoms with Gasteiger partial charge in [-0.2, -0.15) is 0 Å². The maximum Gasteiger partial charge on any atom is 0.227 e. The molecule has 4 rings (SSSR count). The number of benzene rings is 1. The molecule has 1 fully saturated rings. The van der Waals surface area contributed by atoms with Crippen molar-refractivity contribution < 1.29 is 8.42 Å². The van der Waals surface area contributed by atoms with Crippen molar-refractivity contribution in [2.24, 2.45) is 0 Å². The van der Waals surface area contributed by atoms with Crippen LogP contribution in [0.1, 0.15) is 49.2 Å². The minimum absolute atomic E-state index is 0.0579. The second-order valence-corrected chi connectivity index (χ2v) is 10.2. The molecule has 0 N–H and O–H groups in total. The van der Waals surface area contributed by atoms with Gasteiger partial charge >= 0.3 is 0 Å². The normalized spacial score (nSPS) is 17.3. The van der Waals surface area contributed by atoms with Crippen LogP contribution in [0.5, 0.6) is 0 Å². The summed E-state index contributed by atoms with van der Waals surface area (Å²) in [5, 5.41) is 0.201. The number of hydrogen-bond donors (Lipinski definition) is 0. The lowest BCUT2D eigenvalue weighted by Crippen LogP contribution is -2.25. The molecule has 0 amide bonds. The highest BCUT2D eigenvalue weighted by Crippen LogP contribution is 2.32. The van der Waals surface area contributed by atoms with Gasteiger partial charge in [0.05, 0.1) is 29.4 Å². The van der Waals surface area contributed by atoms with E-state index in [0.717, 1.165) is 43.6 Å². The summed E-state index contributed by atoms with van der Waals surface area (Å²) < 4.78 is 27.3. The third-order valence-corrected chi connectivity index (χ3v) is 7.65. The van der Waals surface area contributed by atoms with E-state index in [1.807, 2.05) is 41.1 Å². The number of aromatic nitrogens is 3. The first kappa shape index (κ1) is 21.7. The molecule has 2 aromatic heterocycles. The molecular weight excluding hydrogens is 408 g/mol. The van der Waals surface area contributed by atoms with Crippen molar-refractivity contribution in [3.05, 3.63) is 77.9 Å². The molecule has 1 aromatic carbocycles. The number of nitrogens with zero attached hydrogens (tertiary/aromatic N) is 4. The number of imidazole rings is 1. The highest BCUT2D eigenvalue weighted by Gasteiger charge is 2.29. The Hall–Kier alpha value is -2.51. The molecule has 0 bridgehead atoms. The molecule has 0 spiro atoms. The van der Waals surface area contributed by atoms with E-state index in [4.69, 9.17) is 0 Å². The van der Waals surface area contributed by atoms with Gasteiger partial charge in [0.25, 0.3) is 0 Å². The van der Waals surface area contributed by atoms with Gasteiger partial charge in [-0.15, -0.1) is 0 Å². The Balaban J connectivity index is 1.55. The van der Waals surface area contributed by atoms with Crippen molar-refractivity contribution in [2.45, 2.75) is 56.9 Å². The van der Waals surface area contributed by atoms with E-state index in [1.165, 1.54) is 5.56 Å². The zero-order chi connectivity index (χ0) is 21.7. The van der Waals surface area contributed by atoms with Crippen LogP contribution in [0.4, 0.5) is 0 Å². The van der Waals surface area contributed by atoms with Gasteiger partial charge < -0.3 is 4.57 Å². The van der Waals surface area contributed by atoms with E-state index in [-0.39, 0.29) is 17.0 Å². The zero-order valence-corrected chi connectivity index (χ0v) is 18.8. The Morgan fingerprint density at radius 2 is 1.87 bits per heavy atom. The predicted octanol–water partition coefficient (Wildman–Crippen LogP) is 4.04. The van der Waals surface area contributed by atoms with Crippen LogP contribution in [0, 0.1) is 0 Å².